The number of amides is 1. The quantitative estimate of drug-likeness (QED) is 0.346. The van der Waals surface area contributed by atoms with Gasteiger partial charge in [-0.2, -0.15) is 5.26 Å². The lowest BCUT2D eigenvalue weighted by molar-refractivity contribution is -0.135. The first kappa shape index (κ1) is 14.1. The van der Waals surface area contributed by atoms with Crippen LogP contribution in [0.5, 0.6) is 5.75 Å². The number of benzene rings is 1. The molecule has 0 aromatic heterocycles. The molecule has 0 aliphatic carbocycles. The summed E-state index contributed by atoms with van der Waals surface area (Å²) < 4.78 is 0. The number of nitrogens with one attached hydrogen (secondary N) is 2. The van der Waals surface area contributed by atoms with Gasteiger partial charge in [0.2, 0.25) is 0 Å². The number of phenols is 1. The lowest BCUT2D eigenvalue weighted by Crippen LogP contribution is -2.20. The van der Waals surface area contributed by atoms with Crippen LogP contribution in [-0.2, 0) is 9.59 Å². The summed E-state index contributed by atoms with van der Waals surface area (Å²) >= 11 is 0. The zero-order chi connectivity index (χ0) is 14.3. The molecule has 0 spiro atoms. The first-order valence-electron chi connectivity index (χ1n) is 5.18. The number of carbonyl (C=O) groups is 2. The molecule has 19 heavy (non-hydrogen) atoms. The first-order chi connectivity index (χ1) is 9.02. The molecule has 0 saturated heterocycles. The van der Waals surface area contributed by atoms with Crippen LogP contribution in [0.2, 0.25) is 0 Å². The van der Waals surface area contributed by atoms with Gasteiger partial charge in [0.15, 0.2) is 0 Å². The van der Waals surface area contributed by atoms with E-state index >= 15 is 0 Å². The van der Waals surface area contributed by atoms with Crippen molar-refractivity contribution in [2.24, 2.45) is 0 Å². The van der Waals surface area contributed by atoms with E-state index in [0.717, 1.165) is 6.20 Å². The lowest BCUT2D eigenvalue weighted by Gasteiger charge is -2.04. The number of anilines is 1. The molecule has 0 radical (unpaired) electrons. The number of hydrogen-bond acceptors (Lipinski definition) is 5. The fraction of sp³-hybridized carbons (Fsp3) is 0.0833. The summed E-state index contributed by atoms with van der Waals surface area (Å²) in [5.74, 6) is -1.73. The van der Waals surface area contributed by atoms with Gasteiger partial charge in [0, 0.05) is 11.9 Å². The van der Waals surface area contributed by atoms with Gasteiger partial charge < -0.3 is 20.8 Å². The number of phenolic OH excluding ortho intramolecular Hbond substituents is 1. The smallest absolute Gasteiger partial charge is 0.322 e. The maximum absolute atomic E-state index is 11.7. The average molecular weight is 261 g/mol. The minimum Gasteiger partial charge on any atom is -0.508 e. The number of carboxylic acids is 1. The summed E-state index contributed by atoms with van der Waals surface area (Å²) in [5, 5.41) is 31.0. The summed E-state index contributed by atoms with van der Waals surface area (Å²) in [5.41, 5.74) is 0.150. The molecule has 7 nitrogen and oxygen atoms in total. The highest BCUT2D eigenvalue weighted by molar-refractivity contribution is 6.06. The van der Waals surface area contributed by atoms with E-state index in [9.17, 15) is 9.59 Å². The van der Waals surface area contributed by atoms with Gasteiger partial charge in [0.25, 0.3) is 5.91 Å². The number of carboxylic acid groups (broad SMARTS) is 1. The number of aromatic hydroxyl groups is 1. The second-order valence-electron chi connectivity index (χ2n) is 3.45. The van der Waals surface area contributed by atoms with Crippen molar-refractivity contribution in [3.05, 3.63) is 36.0 Å². The van der Waals surface area contributed by atoms with Crippen LogP contribution in [0.4, 0.5) is 5.69 Å². The summed E-state index contributed by atoms with van der Waals surface area (Å²) in [4.78, 5) is 21.9. The van der Waals surface area contributed by atoms with Crippen LogP contribution in [0, 0.1) is 11.3 Å². The maximum Gasteiger partial charge on any atom is 0.322 e. The fourth-order valence-electron chi connectivity index (χ4n) is 1.13. The van der Waals surface area contributed by atoms with Gasteiger partial charge in [-0.05, 0) is 24.3 Å². The second kappa shape index (κ2) is 6.66. The molecule has 0 aliphatic rings. The SMILES string of the molecule is N#C/C(=C/NCC(=O)O)C(=O)Nc1ccc(O)cc1. The third-order valence-electron chi connectivity index (χ3n) is 1.99. The summed E-state index contributed by atoms with van der Waals surface area (Å²) in [6.07, 6.45) is 1.03. The predicted molar refractivity (Wildman–Crippen MR) is 66.1 cm³/mol. The van der Waals surface area contributed by atoms with Crippen molar-refractivity contribution in [2.75, 3.05) is 11.9 Å². The number of nitriles is 1. The molecule has 0 aliphatic heterocycles. The van der Waals surface area contributed by atoms with Crippen molar-refractivity contribution in [2.45, 2.75) is 0 Å². The Morgan fingerprint density at radius 3 is 2.47 bits per heavy atom. The van der Waals surface area contributed by atoms with Crippen LogP contribution >= 0.6 is 0 Å². The zero-order valence-electron chi connectivity index (χ0n) is 9.75. The molecule has 4 N–H and O–H groups in total. The minimum atomic E-state index is -1.10. The molecule has 98 valence electrons. The Morgan fingerprint density at radius 2 is 1.95 bits per heavy atom. The number of nitrogens with zero attached hydrogens (tertiary/aromatic N) is 1. The van der Waals surface area contributed by atoms with E-state index in [1.165, 1.54) is 24.3 Å². The fourth-order valence-corrected chi connectivity index (χ4v) is 1.13. The van der Waals surface area contributed by atoms with Crippen molar-refractivity contribution in [3.63, 3.8) is 0 Å². The Morgan fingerprint density at radius 1 is 1.32 bits per heavy atom. The van der Waals surface area contributed by atoms with E-state index in [4.69, 9.17) is 15.5 Å². The monoisotopic (exact) mass is 261 g/mol. The Labute approximate surface area is 108 Å². The molecule has 7 heteroatoms. The first-order valence-corrected chi connectivity index (χ1v) is 5.18. The molecule has 0 unspecified atom stereocenters. The molecule has 1 rings (SSSR count). The Balaban J connectivity index is 2.66. The lowest BCUT2D eigenvalue weighted by atomic mass is 10.2. The summed E-state index contributed by atoms with van der Waals surface area (Å²) in [6.45, 7) is -0.391. The zero-order valence-corrected chi connectivity index (χ0v) is 9.75. The van der Waals surface area contributed by atoms with Crippen LogP contribution in [0.3, 0.4) is 0 Å². The standard InChI is InChI=1S/C12H11N3O4/c13-5-8(6-14-7-11(17)18)12(19)15-9-1-3-10(16)4-2-9/h1-4,6,14,16H,7H2,(H,15,19)(H,17,18)/b8-6-. The molecular formula is C12H11N3O4. The third kappa shape index (κ3) is 4.79. The van der Waals surface area contributed by atoms with E-state index in [1.807, 2.05) is 0 Å². The average Bonchev–Trinajstić information content (AvgIpc) is 2.37. The normalized spacial score (nSPS) is 10.4. The molecular weight excluding hydrogens is 250 g/mol. The van der Waals surface area contributed by atoms with Gasteiger partial charge in [0.1, 0.15) is 23.9 Å². The minimum absolute atomic E-state index is 0.0529. The Hall–Kier alpha value is -3.01. The maximum atomic E-state index is 11.7. The van der Waals surface area contributed by atoms with E-state index in [2.05, 4.69) is 10.6 Å². The highest BCUT2D eigenvalue weighted by Gasteiger charge is 2.09. The molecule has 0 atom stereocenters. The second-order valence-corrected chi connectivity index (χ2v) is 3.45. The predicted octanol–water partition coefficient (Wildman–Crippen LogP) is 0.412. The third-order valence-corrected chi connectivity index (χ3v) is 1.99. The number of hydrogen-bond donors (Lipinski definition) is 4. The van der Waals surface area contributed by atoms with Crippen molar-refractivity contribution >= 4 is 17.6 Å². The van der Waals surface area contributed by atoms with Crippen LogP contribution < -0.4 is 10.6 Å². The topological polar surface area (TPSA) is 122 Å². The van der Waals surface area contributed by atoms with Crippen molar-refractivity contribution in [3.8, 4) is 11.8 Å². The van der Waals surface area contributed by atoms with Gasteiger partial charge in [-0.3, -0.25) is 9.59 Å². The van der Waals surface area contributed by atoms with E-state index < -0.39 is 18.4 Å². The van der Waals surface area contributed by atoms with Crippen molar-refractivity contribution < 1.29 is 19.8 Å². The van der Waals surface area contributed by atoms with Gasteiger partial charge in [-0.25, -0.2) is 0 Å². The van der Waals surface area contributed by atoms with E-state index in [1.54, 1.807) is 6.07 Å². The highest BCUT2D eigenvalue weighted by atomic mass is 16.4. The van der Waals surface area contributed by atoms with Crippen molar-refractivity contribution in [1.29, 1.82) is 5.26 Å². The Bertz CT molecular complexity index is 543. The van der Waals surface area contributed by atoms with Crippen LogP contribution in [-0.4, -0.2) is 28.6 Å². The summed E-state index contributed by atoms with van der Waals surface area (Å²) in [7, 11) is 0. The van der Waals surface area contributed by atoms with Crippen LogP contribution in [0.1, 0.15) is 0 Å². The number of rotatable bonds is 5. The van der Waals surface area contributed by atoms with Crippen LogP contribution in [0.25, 0.3) is 0 Å². The number of aliphatic carboxylic acids is 1. The van der Waals surface area contributed by atoms with Gasteiger partial charge in [0.05, 0.1) is 0 Å². The molecule has 0 fully saturated rings. The molecule has 1 amide bonds. The van der Waals surface area contributed by atoms with Crippen LogP contribution in [0.15, 0.2) is 36.0 Å². The highest BCUT2D eigenvalue weighted by Crippen LogP contribution is 2.14. The number of carbonyl (C=O) groups excluding carboxylic acids is 1. The van der Waals surface area contributed by atoms with Gasteiger partial charge in [-0.15, -0.1) is 0 Å². The van der Waals surface area contributed by atoms with E-state index in [-0.39, 0.29) is 11.3 Å². The van der Waals surface area contributed by atoms with Gasteiger partial charge >= 0.3 is 5.97 Å². The largest absolute Gasteiger partial charge is 0.508 e. The van der Waals surface area contributed by atoms with Crippen molar-refractivity contribution in [1.82, 2.24) is 5.32 Å². The Kier molecular flexibility index (Phi) is 4.93. The molecule has 0 saturated carbocycles. The molecule has 0 heterocycles. The molecule has 0 bridgehead atoms. The molecule has 1 aromatic rings. The summed E-state index contributed by atoms with van der Waals surface area (Å²) in [6, 6.07) is 7.35. The molecule has 1 aromatic carbocycles. The van der Waals surface area contributed by atoms with E-state index in [0.29, 0.717) is 5.69 Å². The van der Waals surface area contributed by atoms with Gasteiger partial charge in [-0.1, -0.05) is 0 Å².